The number of aryl methyl sites for hydroxylation is 1. The number of carbonyl (C=O) groups is 1. The largest absolute Gasteiger partial charge is 0.478 e. The first-order valence-electron chi connectivity index (χ1n) is 6.88. The molecule has 1 aliphatic heterocycles. The molecule has 0 saturated carbocycles. The van der Waals surface area contributed by atoms with Gasteiger partial charge in [0.15, 0.2) is 0 Å². The Morgan fingerprint density at radius 3 is 2.55 bits per heavy atom. The van der Waals surface area contributed by atoms with Crippen molar-refractivity contribution in [3.05, 3.63) is 35.4 Å². The molecule has 0 amide bonds. The maximum atomic E-state index is 10.6. The Hall–Kier alpha value is -1.81. The summed E-state index contributed by atoms with van der Waals surface area (Å²) in [5.74, 6) is -0.927. The third-order valence-corrected chi connectivity index (χ3v) is 3.44. The highest BCUT2D eigenvalue weighted by Crippen LogP contribution is 2.23. The molecule has 2 atom stereocenters. The molecule has 1 aliphatic rings. The summed E-state index contributed by atoms with van der Waals surface area (Å²) in [6, 6.07) is 6.11. The third-order valence-electron chi connectivity index (χ3n) is 3.44. The van der Waals surface area contributed by atoms with Crippen LogP contribution in [0.2, 0.25) is 0 Å². The van der Waals surface area contributed by atoms with E-state index < -0.39 is 5.97 Å². The fraction of sp³-hybridized carbons (Fsp3) is 0.438. The van der Waals surface area contributed by atoms with Gasteiger partial charge in [-0.05, 0) is 50.1 Å². The Balaban J connectivity index is 2.18. The Bertz CT molecular complexity index is 514. The van der Waals surface area contributed by atoms with E-state index in [2.05, 4.69) is 24.8 Å². The van der Waals surface area contributed by atoms with Crippen molar-refractivity contribution >= 4 is 17.7 Å². The number of hydrogen-bond acceptors (Lipinski definition) is 3. The van der Waals surface area contributed by atoms with Crippen LogP contribution in [0, 0.1) is 6.92 Å². The van der Waals surface area contributed by atoms with Crippen LogP contribution < -0.4 is 4.90 Å². The summed E-state index contributed by atoms with van der Waals surface area (Å²) in [6.07, 6.45) is 3.25. The molecule has 0 bridgehead atoms. The summed E-state index contributed by atoms with van der Waals surface area (Å²) in [6.45, 7) is 7.93. The molecule has 0 spiro atoms. The molecule has 4 nitrogen and oxygen atoms in total. The molecule has 1 fully saturated rings. The molecule has 20 heavy (non-hydrogen) atoms. The molecule has 108 valence electrons. The average Bonchev–Trinajstić information content (AvgIpc) is 2.35. The number of carboxylic acids is 1. The quantitative estimate of drug-likeness (QED) is 0.862. The fourth-order valence-corrected chi connectivity index (χ4v) is 2.59. The number of nitrogens with zero attached hydrogens (tertiary/aromatic N) is 1. The number of aliphatic carboxylic acids is 1. The first kappa shape index (κ1) is 14.6. The van der Waals surface area contributed by atoms with Gasteiger partial charge < -0.3 is 14.7 Å². The Morgan fingerprint density at radius 2 is 2.00 bits per heavy atom. The molecule has 0 aromatic heterocycles. The number of benzene rings is 1. The van der Waals surface area contributed by atoms with Gasteiger partial charge in [0, 0.05) is 24.9 Å². The Morgan fingerprint density at radius 1 is 1.35 bits per heavy atom. The lowest BCUT2D eigenvalue weighted by atomic mass is 10.1. The fourth-order valence-electron chi connectivity index (χ4n) is 2.59. The summed E-state index contributed by atoms with van der Waals surface area (Å²) in [4.78, 5) is 12.9. The zero-order valence-corrected chi connectivity index (χ0v) is 12.2. The van der Waals surface area contributed by atoms with Crippen molar-refractivity contribution < 1.29 is 14.6 Å². The van der Waals surface area contributed by atoms with E-state index in [0.717, 1.165) is 29.9 Å². The summed E-state index contributed by atoms with van der Waals surface area (Å²) in [5.41, 5.74) is 3.18. The maximum absolute atomic E-state index is 10.6. The van der Waals surface area contributed by atoms with E-state index in [1.165, 1.54) is 6.08 Å². The highest BCUT2D eigenvalue weighted by atomic mass is 16.5. The topological polar surface area (TPSA) is 49.8 Å². The van der Waals surface area contributed by atoms with Gasteiger partial charge in [0.1, 0.15) is 0 Å². The first-order chi connectivity index (χ1) is 9.45. The summed E-state index contributed by atoms with van der Waals surface area (Å²) in [7, 11) is 0. The van der Waals surface area contributed by atoms with Crippen molar-refractivity contribution in [1.82, 2.24) is 0 Å². The van der Waals surface area contributed by atoms with Gasteiger partial charge in [-0.3, -0.25) is 0 Å². The molecule has 0 unspecified atom stereocenters. The summed E-state index contributed by atoms with van der Waals surface area (Å²) in [5, 5.41) is 8.67. The van der Waals surface area contributed by atoms with Crippen molar-refractivity contribution in [3.63, 3.8) is 0 Å². The minimum absolute atomic E-state index is 0.227. The van der Waals surface area contributed by atoms with Crippen LogP contribution in [0.5, 0.6) is 0 Å². The van der Waals surface area contributed by atoms with Gasteiger partial charge in [0.05, 0.1) is 12.2 Å². The van der Waals surface area contributed by atoms with E-state index in [1.54, 1.807) is 6.08 Å². The van der Waals surface area contributed by atoms with Gasteiger partial charge in [-0.1, -0.05) is 6.07 Å². The van der Waals surface area contributed by atoms with Crippen LogP contribution in [0.15, 0.2) is 24.3 Å². The molecule has 0 aliphatic carbocycles. The smallest absolute Gasteiger partial charge is 0.328 e. The van der Waals surface area contributed by atoms with Crippen LogP contribution >= 0.6 is 0 Å². The van der Waals surface area contributed by atoms with Gasteiger partial charge in [0.2, 0.25) is 0 Å². The van der Waals surface area contributed by atoms with Gasteiger partial charge in [0.25, 0.3) is 0 Å². The molecule has 4 heteroatoms. The molecule has 1 saturated heterocycles. The van der Waals surface area contributed by atoms with Crippen LogP contribution in [0.1, 0.15) is 25.0 Å². The van der Waals surface area contributed by atoms with E-state index in [9.17, 15) is 4.79 Å². The van der Waals surface area contributed by atoms with E-state index >= 15 is 0 Å². The maximum Gasteiger partial charge on any atom is 0.328 e. The molecule has 0 radical (unpaired) electrons. The van der Waals surface area contributed by atoms with Crippen LogP contribution in [0.4, 0.5) is 5.69 Å². The molecular formula is C16H21NO3. The van der Waals surface area contributed by atoms with Gasteiger partial charge in [-0.2, -0.15) is 0 Å². The number of ether oxygens (including phenoxy) is 1. The zero-order valence-electron chi connectivity index (χ0n) is 12.2. The van der Waals surface area contributed by atoms with Gasteiger partial charge >= 0.3 is 5.97 Å². The number of morpholine rings is 1. The van der Waals surface area contributed by atoms with E-state index in [4.69, 9.17) is 9.84 Å². The highest BCUT2D eigenvalue weighted by molar-refractivity contribution is 5.85. The Kier molecular flexibility index (Phi) is 4.45. The van der Waals surface area contributed by atoms with Gasteiger partial charge in [-0.15, -0.1) is 0 Å². The molecule has 2 rings (SSSR count). The highest BCUT2D eigenvalue weighted by Gasteiger charge is 2.22. The number of carboxylic acid groups (broad SMARTS) is 1. The second kappa shape index (κ2) is 6.09. The summed E-state index contributed by atoms with van der Waals surface area (Å²) < 4.78 is 5.74. The monoisotopic (exact) mass is 275 g/mol. The number of hydrogen-bond donors (Lipinski definition) is 1. The molecule has 1 aromatic carbocycles. The average molecular weight is 275 g/mol. The van der Waals surface area contributed by atoms with Gasteiger partial charge in [-0.25, -0.2) is 4.79 Å². The standard InChI is InChI=1S/C16H21NO3/c1-11-8-15(6-4-14(11)5-7-16(18)19)17-9-12(2)20-13(3)10-17/h4-8,12-13H,9-10H2,1-3H3,(H,18,19)/b7-5+/t12-,13+. The molecular weight excluding hydrogens is 254 g/mol. The lowest BCUT2D eigenvalue weighted by molar-refractivity contribution is -0.131. The van der Waals surface area contributed by atoms with Crippen LogP contribution in [0.3, 0.4) is 0 Å². The van der Waals surface area contributed by atoms with Crippen LogP contribution in [0.25, 0.3) is 6.08 Å². The molecule has 1 N–H and O–H groups in total. The Labute approximate surface area is 119 Å². The van der Waals surface area contributed by atoms with Crippen molar-refractivity contribution in [3.8, 4) is 0 Å². The lowest BCUT2D eigenvalue weighted by Gasteiger charge is -2.37. The van der Waals surface area contributed by atoms with E-state index in [-0.39, 0.29) is 12.2 Å². The van der Waals surface area contributed by atoms with E-state index in [0.29, 0.717) is 0 Å². The lowest BCUT2D eigenvalue weighted by Crippen LogP contribution is -2.45. The SMILES string of the molecule is Cc1cc(N2C[C@@H](C)O[C@@H](C)C2)ccc1/C=C/C(=O)O. The van der Waals surface area contributed by atoms with Crippen molar-refractivity contribution in [2.24, 2.45) is 0 Å². The zero-order chi connectivity index (χ0) is 14.7. The normalized spacial score (nSPS) is 23.2. The van der Waals surface area contributed by atoms with E-state index in [1.807, 2.05) is 19.1 Å². The minimum atomic E-state index is -0.927. The number of anilines is 1. The summed E-state index contributed by atoms with van der Waals surface area (Å²) >= 11 is 0. The first-order valence-corrected chi connectivity index (χ1v) is 6.88. The van der Waals surface area contributed by atoms with Crippen LogP contribution in [-0.4, -0.2) is 36.4 Å². The second-order valence-corrected chi connectivity index (χ2v) is 5.37. The van der Waals surface area contributed by atoms with Crippen molar-refractivity contribution in [2.75, 3.05) is 18.0 Å². The van der Waals surface area contributed by atoms with Crippen molar-refractivity contribution in [2.45, 2.75) is 33.0 Å². The number of rotatable bonds is 3. The molecule has 1 aromatic rings. The third kappa shape index (κ3) is 3.61. The van der Waals surface area contributed by atoms with Crippen LogP contribution in [-0.2, 0) is 9.53 Å². The van der Waals surface area contributed by atoms with Crippen molar-refractivity contribution in [1.29, 1.82) is 0 Å². The minimum Gasteiger partial charge on any atom is -0.478 e. The molecule has 1 heterocycles. The predicted molar refractivity (Wildman–Crippen MR) is 80.1 cm³/mol. The second-order valence-electron chi connectivity index (χ2n) is 5.37. The predicted octanol–water partition coefficient (Wildman–Crippen LogP) is 2.71.